The number of amidine groups is 1. The third-order valence-corrected chi connectivity index (χ3v) is 6.67. The van der Waals surface area contributed by atoms with Gasteiger partial charge in [0.05, 0.1) is 21.9 Å². The smallest absolute Gasteiger partial charge is 0.219 e. The van der Waals surface area contributed by atoms with Crippen molar-refractivity contribution in [3.8, 4) is 0 Å². The predicted octanol–water partition coefficient (Wildman–Crippen LogP) is 5.48. The Kier molecular flexibility index (Phi) is 6.08. The fraction of sp³-hybridized carbons (Fsp3) is 0.286. The number of nitrogens with one attached hydrogen (secondary N) is 2. The lowest BCUT2D eigenvalue weighted by molar-refractivity contribution is -0.112. The highest BCUT2D eigenvalue weighted by molar-refractivity contribution is 8.27. The highest BCUT2D eigenvalue weighted by atomic mass is 35.5. The van der Waals surface area contributed by atoms with Crippen LogP contribution in [0.3, 0.4) is 0 Å². The van der Waals surface area contributed by atoms with Crippen molar-refractivity contribution in [3.05, 3.63) is 53.1 Å². The van der Waals surface area contributed by atoms with E-state index in [1.54, 1.807) is 11.3 Å². The van der Waals surface area contributed by atoms with E-state index in [0.717, 1.165) is 39.0 Å². The standard InChI is InChI=1S/C21H21ClN4OS2/c1-12(2)18-19(27)29-21(26-18)24-15-6-3-13(4-7-15)9-10-23-20-25-16-8-5-14(22)11-17(16)28-20/h3-8,11-12,18H,9-10H2,1-2H3,(H,23,25)(H,24,26)/t18-/m0/s1. The first-order valence-electron chi connectivity index (χ1n) is 9.44. The fourth-order valence-corrected chi connectivity index (χ4v) is 5.17. The Hall–Kier alpha value is -2.09. The third-order valence-electron chi connectivity index (χ3n) is 4.60. The van der Waals surface area contributed by atoms with Gasteiger partial charge in [-0.2, -0.15) is 0 Å². The van der Waals surface area contributed by atoms with E-state index in [-0.39, 0.29) is 17.1 Å². The number of rotatable bonds is 6. The summed E-state index contributed by atoms with van der Waals surface area (Å²) in [6.45, 7) is 4.86. The van der Waals surface area contributed by atoms with Crippen molar-refractivity contribution in [2.75, 3.05) is 11.9 Å². The molecule has 1 aliphatic heterocycles. The van der Waals surface area contributed by atoms with E-state index in [0.29, 0.717) is 5.17 Å². The molecule has 29 heavy (non-hydrogen) atoms. The largest absolute Gasteiger partial charge is 0.361 e. The lowest BCUT2D eigenvalue weighted by atomic mass is 10.1. The van der Waals surface area contributed by atoms with E-state index < -0.39 is 0 Å². The summed E-state index contributed by atoms with van der Waals surface area (Å²) in [6, 6.07) is 13.7. The first kappa shape index (κ1) is 20.2. The maximum absolute atomic E-state index is 12.0. The monoisotopic (exact) mass is 444 g/mol. The van der Waals surface area contributed by atoms with Crippen LogP contribution < -0.4 is 10.6 Å². The van der Waals surface area contributed by atoms with Crippen LogP contribution in [0.2, 0.25) is 5.02 Å². The lowest BCUT2D eigenvalue weighted by Gasteiger charge is -2.11. The van der Waals surface area contributed by atoms with Crippen molar-refractivity contribution in [3.63, 3.8) is 0 Å². The second kappa shape index (κ2) is 8.73. The van der Waals surface area contributed by atoms with Gasteiger partial charge in [-0.1, -0.05) is 48.9 Å². The zero-order chi connectivity index (χ0) is 20.4. The van der Waals surface area contributed by atoms with Crippen LogP contribution in [0.25, 0.3) is 10.2 Å². The molecule has 2 aromatic carbocycles. The minimum atomic E-state index is -0.150. The lowest BCUT2D eigenvalue weighted by Crippen LogP contribution is -2.34. The molecule has 1 aliphatic rings. The van der Waals surface area contributed by atoms with Crippen LogP contribution in [-0.2, 0) is 11.2 Å². The predicted molar refractivity (Wildman–Crippen MR) is 125 cm³/mol. The maximum Gasteiger partial charge on any atom is 0.219 e. The second-order valence-corrected chi connectivity index (χ2v) is 9.64. The van der Waals surface area contributed by atoms with Gasteiger partial charge < -0.3 is 10.6 Å². The number of carbonyl (C=O) groups excluding carboxylic acids is 1. The molecule has 3 aromatic rings. The number of hydrogen-bond donors (Lipinski definition) is 2. The number of thiazole rings is 1. The van der Waals surface area contributed by atoms with Crippen molar-refractivity contribution < 1.29 is 4.79 Å². The van der Waals surface area contributed by atoms with E-state index >= 15 is 0 Å². The van der Waals surface area contributed by atoms with Gasteiger partial charge in [0, 0.05) is 11.6 Å². The minimum absolute atomic E-state index is 0.138. The topological polar surface area (TPSA) is 66.4 Å². The summed E-state index contributed by atoms with van der Waals surface area (Å²) in [7, 11) is 0. The van der Waals surface area contributed by atoms with E-state index in [4.69, 9.17) is 11.6 Å². The average molecular weight is 445 g/mol. The van der Waals surface area contributed by atoms with Crippen LogP contribution in [0.15, 0.2) is 47.5 Å². The SMILES string of the molecule is CC(C)[C@@H]1N/C(=N/c2ccc(CCNc3nc4ccc(Cl)cc4s3)cc2)SC1=O. The molecule has 0 amide bonds. The highest BCUT2D eigenvalue weighted by Gasteiger charge is 2.32. The van der Waals surface area contributed by atoms with Gasteiger partial charge in [0.15, 0.2) is 10.3 Å². The molecule has 1 atom stereocenters. The number of benzene rings is 2. The summed E-state index contributed by atoms with van der Waals surface area (Å²) >= 11 is 8.83. The van der Waals surface area contributed by atoms with Crippen LogP contribution in [0.1, 0.15) is 19.4 Å². The number of anilines is 1. The molecule has 5 nitrogen and oxygen atoms in total. The Morgan fingerprint density at radius 2 is 2.03 bits per heavy atom. The number of aliphatic imine (C=N–C) groups is 1. The zero-order valence-corrected chi connectivity index (χ0v) is 18.5. The number of hydrogen-bond acceptors (Lipinski definition) is 6. The fourth-order valence-electron chi connectivity index (χ4n) is 3.02. The van der Waals surface area contributed by atoms with Gasteiger partial charge >= 0.3 is 0 Å². The molecular weight excluding hydrogens is 424 g/mol. The van der Waals surface area contributed by atoms with Crippen LogP contribution >= 0.6 is 34.7 Å². The van der Waals surface area contributed by atoms with Gasteiger partial charge in [0.1, 0.15) is 0 Å². The van der Waals surface area contributed by atoms with Crippen LogP contribution in [0.4, 0.5) is 10.8 Å². The molecule has 2 heterocycles. The van der Waals surface area contributed by atoms with Crippen molar-refractivity contribution in [2.24, 2.45) is 10.9 Å². The number of thioether (sulfide) groups is 1. The molecule has 0 aliphatic carbocycles. The van der Waals surface area contributed by atoms with Crippen LogP contribution in [0.5, 0.6) is 0 Å². The molecule has 0 bridgehead atoms. The van der Waals surface area contributed by atoms with Gasteiger partial charge in [0.2, 0.25) is 5.12 Å². The number of halogens is 1. The maximum atomic E-state index is 12.0. The Bertz CT molecular complexity index is 1060. The molecule has 2 N–H and O–H groups in total. The van der Waals surface area contributed by atoms with Crippen LogP contribution in [0, 0.1) is 5.92 Å². The number of fused-ring (bicyclic) bond motifs is 1. The highest BCUT2D eigenvalue weighted by Crippen LogP contribution is 2.28. The molecule has 0 unspecified atom stereocenters. The number of carbonyl (C=O) groups is 1. The molecule has 0 saturated carbocycles. The van der Waals surface area contributed by atoms with Gasteiger partial charge in [-0.3, -0.25) is 4.79 Å². The number of nitrogens with zero attached hydrogens (tertiary/aromatic N) is 2. The first-order valence-corrected chi connectivity index (χ1v) is 11.4. The summed E-state index contributed by atoms with van der Waals surface area (Å²) in [6.07, 6.45) is 0.883. The molecule has 1 fully saturated rings. The van der Waals surface area contributed by atoms with Gasteiger partial charge in [-0.05, 0) is 60.0 Å². The van der Waals surface area contributed by atoms with Gasteiger partial charge in [-0.15, -0.1) is 0 Å². The Labute approximate surface area is 183 Å². The second-order valence-electron chi connectivity index (χ2n) is 7.18. The first-order chi connectivity index (χ1) is 14.0. The Morgan fingerprint density at radius 3 is 2.76 bits per heavy atom. The zero-order valence-electron chi connectivity index (χ0n) is 16.1. The minimum Gasteiger partial charge on any atom is -0.361 e. The molecule has 8 heteroatoms. The van der Waals surface area contributed by atoms with E-state index in [9.17, 15) is 4.79 Å². The van der Waals surface area contributed by atoms with E-state index in [1.807, 2.05) is 44.2 Å². The van der Waals surface area contributed by atoms with Crippen molar-refractivity contribution in [2.45, 2.75) is 26.3 Å². The Morgan fingerprint density at radius 1 is 1.24 bits per heavy atom. The average Bonchev–Trinajstić information content (AvgIpc) is 3.25. The summed E-state index contributed by atoms with van der Waals surface area (Å²) in [5.74, 6) is 0.255. The molecule has 1 saturated heterocycles. The molecule has 150 valence electrons. The third kappa shape index (κ3) is 4.91. The Balaban J connectivity index is 1.32. The summed E-state index contributed by atoms with van der Waals surface area (Å²) < 4.78 is 1.08. The summed E-state index contributed by atoms with van der Waals surface area (Å²) in [5, 5.41) is 9.04. The van der Waals surface area contributed by atoms with E-state index in [1.165, 1.54) is 17.3 Å². The summed E-state index contributed by atoms with van der Waals surface area (Å²) in [4.78, 5) is 21.1. The van der Waals surface area contributed by atoms with Gasteiger partial charge in [-0.25, -0.2) is 9.98 Å². The quantitative estimate of drug-likeness (QED) is 0.527. The van der Waals surface area contributed by atoms with Crippen molar-refractivity contribution in [1.29, 1.82) is 0 Å². The van der Waals surface area contributed by atoms with Crippen molar-refractivity contribution in [1.82, 2.24) is 10.3 Å². The number of aromatic nitrogens is 1. The molecular formula is C21H21ClN4OS2. The van der Waals surface area contributed by atoms with Gasteiger partial charge in [0.25, 0.3) is 0 Å². The molecule has 4 rings (SSSR count). The van der Waals surface area contributed by atoms with Crippen LogP contribution in [-0.4, -0.2) is 27.9 Å². The molecule has 0 radical (unpaired) electrons. The normalized spacial score (nSPS) is 18.0. The summed E-state index contributed by atoms with van der Waals surface area (Å²) in [5.41, 5.74) is 3.02. The van der Waals surface area contributed by atoms with Crippen molar-refractivity contribution >= 4 is 66.0 Å². The molecule has 0 spiro atoms. The molecule has 1 aromatic heterocycles. The van der Waals surface area contributed by atoms with E-state index in [2.05, 4.69) is 32.7 Å².